The number of piperidine rings is 1. The third kappa shape index (κ3) is 4.07. The van der Waals surface area contributed by atoms with Crippen LogP contribution in [0, 0.1) is 0 Å². The maximum absolute atomic E-state index is 12.1. The Labute approximate surface area is 221 Å². The van der Waals surface area contributed by atoms with Crippen molar-refractivity contribution in [3.63, 3.8) is 0 Å². The van der Waals surface area contributed by atoms with Gasteiger partial charge in [0.1, 0.15) is 0 Å². The van der Waals surface area contributed by atoms with Gasteiger partial charge in [-0.1, -0.05) is 59.6 Å². The second-order valence-electron chi connectivity index (χ2n) is 10.2. The minimum atomic E-state index is -0.0780. The molecule has 3 aromatic rings. The van der Waals surface area contributed by atoms with E-state index < -0.39 is 0 Å². The smallest absolute Gasteiger partial charge is 0.220 e. The van der Waals surface area contributed by atoms with Gasteiger partial charge in [-0.15, -0.1) is 0 Å². The van der Waals surface area contributed by atoms with Crippen molar-refractivity contribution in [3.8, 4) is 28.3 Å². The van der Waals surface area contributed by atoms with Gasteiger partial charge in [-0.3, -0.25) is 9.69 Å². The number of aryl methyl sites for hydroxylation is 1. The quantitative estimate of drug-likeness (QED) is 0.427. The average molecular weight is 522 g/mol. The molecule has 1 spiro atoms. The lowest BCUT2D eigenvalue weighted by atomic mass is 9.88. The summed E-state index contributed by atoms with van der Waals surface area (Å²) >= 11 is 13.4. The van der Waals surface area contributed by atoms with Gasteiger partial charge < -0.3 is 10.1 Å². The van der Waals surface area contributed by atoms with Crippen molar-refractivity contribution in [2.45, 2.75) is 50.1 Å². The topological polar surface area (TPSA) is 54.5 Å². The van der Waals surface area contributed by atoms with E-state index in [-0.39, 0.29) is 17.5 Å². The van der Waals surface area contributed by atoms with Crippen LogP contribution >= 0.6 is 23.2 Å². The Morgan fingerprint density at radius 1 is 1.06 bits per heavy atom. The maximum Gasteiger partial charge on any atom is 0.220 e. The first kappa shape index (κ1) is 23.8. The number of hydrogen-bond acceptors (Lipinski definition) is 4. The summed E-state index contributed by atoms with van der Waals surface area (Å²) in [6.07, 6.45) is 5.67. The molecule has 3 heterocycles. The molecule has 2 atom stereocenters. The molecule has 2 aliphatic heterocycles. The van der Waals surface area contributed by atoms with Gasteiger partial charge in [-0.2, -0.15) is 0 Å². The Balaban J connectivity index is 1.34. The zero-order valence-electron chi connectivity index (χ0n) is 20.3. The molecule has 1 aliphatic carbocycles. The highest BCUT2D eigenvalue weighted by Crippen LogP contribution is 2.46. The number of amides is 1. The lowest BCUT2D eigenvalue weighted by molar-refractivity contribution is -0.125. The summed E-state index contributed by atoms with van der Waals surface area (Å²) in [4.78, 5) is 19.6. The summed E-state index contributed by atoms with van der Waals surface area (Å²) in [6.45, 7) is 1.86. The average Bonchev–Trinajstić information content (AvgIpc) is 3.48. The molecule has 5 nitrogen and oxygen atoms in total. The van der Waals surface area contributed by atoms with Crippen LogP contribution in [0.1, 0.15) is 49.3 Å². The molecule has 0 saturated carbocycles. The van der Waals surface area contributed by atoms with E-state index in [1.54, 1.807) is 7.11 Å². The summed E-state index contributed by atoms with van der Waals surface area (Å²) in [5, 5.41) is 4.60. The number of carbonyl (C=O) groups excluding carboxylic acids is 1. The molecule has 1 aromatic heterocycles. The summed E-state index contributed by atoms with van der Waals surface area (Å²) in [5.74, 6) is 0.854. The molecule has 7 heteroatoms. The van der Waals surface area contributed by atoms with E-state index in [2.05, 4.69) is 16.3 Å². The van der Waals surface area contributed by atoms with Crippen LogP contribution in [0.5, 0.6) is 5.88 Å². The van der Waals surface area contributed by atoms with Crippen molar-refractivity contribution in [1.29, 1.82) is 0 Å². The molecule has 2 fully saturated rings. The second kappa shape index (κ2) is 9.37. The number of pyridine rings is 1. The molecular formula is C29H29Cl2N3O2. The number of carbonyl (C=O) groups is 1. The molecule has 0 bridgehead atoms. The molecule has 6 rings (SSSR count). The number of methoxy groups -OCH3 is 1. The third-order valence-corrected chi connectivity index (χ3v) is 8.79. The van der Waals surface area contributed by atoms with Gasteiger partial charge in [-0.05, 0) is 49.8 Å². The monoisotopic (exact) mass is 521 g/mol. The van der Waals surface area contributed by atoms with Crippen LogP contribution in [0.3, 0.4) is 0 Å². The number of rotatable bonds is 4. The number of nitrogens with one attached hydrogen (secondary N) is 1. The van der Waals surface area contributed by atoms with Gasteiger partial charge in [0.25, 0.3) is 0 Å². The Kier molecular flexibility index (Phi) is 6.19. The Morgan fingerprint density at radius 3 is 2.67 bits per heavy atom. The Morgan fingerprint density at radius 2 is 1.86 bits per heavy atom. The first-order chi connectivity index (χ1) is 17.5. The van der Waals surface area contributed by atoms with E-state index in [9.17, 15) is 4.79 Å². The third-order valence-electron chi connectivity index (χ3n) is 8.05. The standard InChI is InChI=1S/C29H29Cl2N3O2/c1-36-28-26-18(11-12-24(26)34-15-14-29(17-34)13-5-10-25(35)33-29)16-23(32-28)21-8-4-7-20(27(21)31)19-6-2-3-9-22(19)30/h2-4,6-9,16,24H,5,10-15,17H2,1H3,(H,33,35)/t24-,29-/m1/s1. The number of nitrogens with zero attached hydrogens (tertiary/aromatic N) is 2. The van der Waals surface area contributed by atoms with Gasteiger partial charge >= 0.3 is 0 Å². The van der Waals surface area contributed by atoms with E-state index in [0.29, 0.717) is 22.3 Å². The van der Waals surface area contributed by atoms with E-state index in [4.69, 9.17) is 32.9 Å². The summed E-state index contributed by atoms with van der Waals surface area (Å²) in [7, 11) is 1.69. The lowest BCUT2D eigenvalue weighted by Crippen LogP contribution is -2.53. The highest BCUT2D eigenvalue weighted by molar-refractivity contribution is 6.38. The lowest BCUT2D eigenvalue weighted by Gasteiger charge is -2.35. The fourth-order valence-electron chi connectivity index (χ4n) is 6.34. The maximum atomic E-state index is 12.1. The minimum absolute atomic E-state index is 0.0780. The number of ether oxygens (including phenoxy) is 1. The van der Waals surface area contributed by atoms with E-state index in [0.717, 1.165) is 67.6 Å². The predicted octanol–water partition coefficient (Wildman–Crippen LogP) is 6.46. The normalized spacial score (nSPS) is 23.6. The van der Waals surface area contributed by atoms with Crippen molar-refractivity contribution in [3.05, 3.63) is 69.7 Å². The van der Waals surface area contributed by atoms with Crippen LogP contribution in [0.25, 0.3) is 22.4 Å². The van der Waals surface area contributed by atoms with Crippen LogP contribution in [0.15, 0.2) is 48.5 Å². The largest absolute Gasteiger partial charge is 0.481 e. The predicted molar refractivity (Wildman–Crippen MR) is 144 cm³/mol. The van der Waals surface area contributed by atoms with Crippen LogP contribution in [-0.4, -0.2) is 41.5 Å². The molecule has 186 valence electrons. The van der Waals surface area contributed by atoms with Crippen LogP contribution in [-0.2, 0) is 11.2 Å². The van der Waals surface area contributed by atoms with Crippen molar-refractivity contribution in [1.82, 2.24) is 15.2 Å². The summed E-state index contributed by atoms with van der Waals surface area (Å²) < 4.78 is 5.87. The van der Waals surface area contributed by atoms with E-state index in [1.165, 1.54) is 11.1 Å². The fourth-order valence-corrected chi connectivity index (χ4v) is 6.90. The number of benzene rings is 2. The van der Waals surface area contributed by atoms with Crippen LogP contribution in [0.4, 0.5) is 0 Å². The van der Waals surface area contributed by atoms with Crippen LogP contribution in [0.2, 0.25) is 10.0 Å². The van der Waals surface area contributed by atoms with Gasteiger partial charge in [0.05, 0.1) is 23.4 Å². The number of hydrogen-bond donors (Lipinski definition) is 1. The van der Waals surface area contributed by atoms with Crippen molar-refractivity contribution < 1.29 is 9.53 Å². The summed E-state index contributed by atoms with van der Waals surface area (Å²) in [5.41, 5.74) is 5.82. The summed E-state index contributed by atoms with van der Waals surface area (Å²) in [6, 6.07) is 16.1. The zero-order chi connectivity index (χ0) is 24.9. The van der Waals surface area contributed by atoms with Gasteiger partial charge in [0, 0.05) is 52.8 Å². The highest BCUT2D eigenvalue weighted by atomic mass is 35.5. The molecule has 1 amide bonds. The molecule has 2 aromatic carbocycles. The van der Waals surface area contributed by atoms with Gasteiger partial charge in [0.2, 0.25) is 11.8 Å². The number of fused-ring (bicyclic) bond motifs is 1. The SMILES string of the molecule is COc1nc(-c2cccc(-c3ccccc3Cl)c2Cl)cc2c1[C@H](N1CC[C@]3(CCCC(=O)N3)C1)CC2. The molecule has 2 saturated heterocycles. The van der Waals surface area contributed by atoms with E-state index in [1.807, 2.05) is 42.5 Å². The van der Waals surface area contributed by atoms with Crippen molar-refractivity contribution >= 4 is 29.1 Å². The van der Waals surface area contributed by atoms with Gasteiger partial charge in [0.15, 0.2) is 0 Å². The fraction of sp³-hybridized carbons (Fsp3) is 0.379. The molecular weight excluding hydrogens is 493 g/mol. The van der Waals surface area contributed by atoms with Crippen LogP contribution < -0.4 is 10.1 Å². The Bertz CT molecular complexity index is 1340. The molecule has 36 heavy (non-hydrogen) atoms. The number of halogens is 2. The first-order valence-corrected chi connectivity index (χ1v) is 13.4. The molecule has 0 unspecified atom stereocenters. The first-order valence-electron chi connectivity index (χ1n) is 12.6. The van der Waals surface area contributed by atoms with Gasteiger partial charge in [-0.25, -0.2) is 4.98 Å². The highest BCUT2D eigenvalue weighted by Gasteiger charge is 2.45. The Hall–Kier alpha value is -2.60. The number of likely N-dealkylation sites (tertiary alicyclic amines) is 1. The van der Waals surface area contributed by atoms with Crippen molar-refractivity contribution in [2.75, 3.05) is 20.2 Å². The number of aromatic nitrogens is 1. The molecule has 0 radical (unpaired) electrons. The van der Waals surface area contributed by atoms with E-state index >= 15 is 0 Å². The minimum Gasteiger partial charge on any atom is -0.481 e. The second-order valence-corrected chi connectivity index (χ2v) is 11.0. The molecule has 3 aliphatic rings. The zero-order valence-corrected chi connectivity index (χ0v) is 21.8. The molecule has 1 N–H and O–H groups in total. The van der Waals surface area contributed by atoms with Crippen molar-refractivity contribution in [2.24, 2.45) is 0 Å².